The molecule has 1 saturated heterocycles. The molecule has 3 rings (SSSR count). The molecule has 0 saturated carbocycles. The molecule has 1 aromatic carbocycles. The Morgan fingerprint density at radius 1 is 1.32 bits per heavy atom. The van der Waals surface area contributed by atoms with E-state index >= 15 is 0 Å². The van der Waals surface area contributed by atoms with Crippen molar-refractivity contribution in [3.63, 3.8) is 0 Å². The average Bonchev–Trinajstić information content (AvgIpc) is 2.89. The van der Waals surface area contributed by atoms with E-state index in [4.69, 9.17) is 9.26 Å². The van der Waals surface area contributed by atoms with E-state index in [1.54, 1.807) is 18.2 Å². The van der Waals surface area contributed by atoms with Crippen molar-refractivity contribution in [2.45, 2.75) is 18.4 Å². The van der Waals surface area contributed by atoms with E-state index in [0.717, 1.165) is 0 Å². The molecule has 0 aliphatic carbocycles. The van der Waals surface area contributed by atoms with Crippen molar-refractivity contribution in [3.8, 4) is 11.4 Å². The third-order valence-electron chi connectivity index (χ3n) is 3.19. The standard InChI is InChI=1S/C13H13FN2O3/c14-10-4-2-1-3-8(10)12-15-13(19-16-12)9-7-18-6-5-11(9)17/h1-4,9,11,17H,5-7H2. The fraction of sp³-hybridized carbons (Fsp3) is 0.385. The van der Waals surface area contributed by atoms with Crippen LogP contribution >= 0.6 is 0 Å². The van der Waals surface area contributed by atoms with Gasteiger partial charge in [0.2, 0.25) is 11.7 Å². The third-order valence-corrected chi connectivity index (χ3v) is 3.19. The summed E-state index contributed by atoms with van der Waals surface area (Å²) < 4.78 is 24.0. The van der Waals surface area contributed by atoms with E-state index < -0.39 is 11.9 Å². The van der Waals surface area contributed by atoms with E-state index in [1.165, 1.54) is 6.07 Å². The van der Waals surface area contributed by atoms with Crippen molar-refractivity contribution in [2.75, 3.05) is 13.2 Å². The number of nitrogens with zero attached hydrogens (tertiary/aromatic N) is 2. The van der Waals surface area contributed by atoms with Gasteiger partial charge >= 0.3 is 0 Å². The number of aromatic nitrogens is 2. The number of halogens is 1. The average molecular weight is 264 g/mol. The first-order valence-corrected chi connectivity index (χ1v) is 6.10. The molecule has 1 N–H and O–H groups in total. The summed E-state index contributed by atoms with van der Waals surface area (Å²) in [6.45, 7) is 0.853. The van der Waals surface area contributed by atoms with E-state index in [2.05, 4.69) is 10.1 Å². The molecular weight excluding hydrogens is 251 g/mol. The van der Waals surface area contributed by atoms with Crippen LogP contribution in [0.1, 0.15) is 18.2 Å². The summed E-state index contributed by atoms with van der Waals surface area (Å²) in [4.78, 5) is 4.16. The van der Waals surface area contributed by atoms with Gasteiger partial charge in [-0.25, -0.2) is 4.39 Å². The number of hydrogen-bond donors (Lipinski definition) is 1. The number of ether oxygens (including phenoxy) is 1. The van der Waals surface area contributed by atoms with Crippen molar-refractivity contribution in [1.82, 2.24) is 10.1 Å². The molecule has 2 aromatic rings. The summed E-state index contributed by atoms with van der Waals surface area (Å²) in [6, 6.07) is 6.22. The van der Waals surface area contributed by atoms with Crippen LogP contribution in [0.2, 0.25) is 0 Å². The molecule has 0 bridgehead atoms. The Morgan fingerprint density at radius 2 is 2.16 bits per heavy atom. The molecule has 2 heterocycles. The summed E-state index contributed by atoms with van der Waals surface area (Å²) in [7, 11) is 0. The first-order chi connectivity index (χ1) is 9.25. The highest BCUT2D eigenvalue weighted by molar-refractivity contribution is 5.54. The summed E-state index contributed by atoms with van der Waals surface area (Å²) >= 11 is 0. The lowest BCUT2D eigenvalue weighted by molar-refractivity contribution is -0.0149. The number of benzene rings is 1. The molecule has 19 heavy (non-hydrogen) atoms. The lowest BCUT2D eigenvalue weighted by Gasteiger charge is -2.24. The van der Waals surface area contributed by atoms with Gasteiger partial charge in [-0.15, -0.1) is 0 Å². The summed E-state index contributed by atoms with van der Waals surface area (Å²) in [5, 5.41) is 13.6. The van der Waals surface area contributed by atoms with E-state index in [-0.39, 0.29) is 23.2 Å². The fourth-order valence-electron chi connectivity index (χ4n) is 2.10. The van der Waals surface area contributed by atoms with E-state index in [9.17, 15) is 9.50 Å². The van der Waals surface area contributed by atoms with Gasteiger partial charge in [0, 0.05) is 6.61 Å². The van der Waals surface area contributed by atoms with Gasteiger partial charge in [0.25, 0.3) is 0 Å². The Hall–Kier alpha value is -1.79. The van der Waals surface area contributed by atoms with Crippen molar-refractivity contribution in [1.29, 1.82) is 0 Å². The Balaban J connectivity index is 1.89. The van der Waals surface area contributed by atoms with Gasteiger partial charge in [0.1, 0.15) is 5.82 Å². The molecule has 1 fully saturated rings. The molecule has 100 valence electrons. The van der Waals surface area contributed by atoms with Crippen LogP contribution in [0.15, 0.2) is 28.8 Å². The number of hydrogen-bond acceptors (Lipinski definition) is 5. The quantitative estimate of drug-likeness (QED) is 0.894. The Bertz CT molecular complexity index is 573. The van der Waals surface area contributed by atoms with Gasteiger partial charge < -0.3 is 14.4 Å². The normalized spacial score (nSPS) is 23.5. The van der Waals surface area contributed by atoms with E-state index in [0.29, 0.717) is 19.6 Å². The smallest absolute Gasteiger partial charge is 0.235 e. The molecule has 5 nitrogen and oxygen atoms in total. The molecule has 0 amide bonds. The van der Waals surface area contributed by atoms with E-state index in [1.807, 2.05) is 0 Å². The van der Waals surface area contributed by atoms with Crippen LogP contribution in [0.3, 0.4) is 0 Å². The second kappa shape index (κ2) is 5.07. The number of aliphatic hydroxyl groups excluding tert-OH is 1. The Morgan fingerprint density at radius 3 is 2.95 bits per heavy atom. The predicted octanol–water partition coefficient (Wildman–Crippen LogP) is 1.74. The Labute approximate surface area is 109 Å². The highest BCUT2D eigenvalue weighted by Crippen LogP contribution is 2.27. The third kappa shape index (κ3) is 2.36. The van der Waals surface area contributed by atoms with Gasteiger partial charge in [0.15, 0.2) is 0 Å². The summed E-state index contributed by atoms with van der Waals surface area (Å²) in [6.07, 6.45) is -0.0371. The monoisotopic (exact) mass is 264 g/mol. The lowest BCUT2D eigenvalue weighted by atomic mass is 9.99. The molecule has 1 aliphatic heterocycles. The minimum atomic E-state index is -0.567. The summed E-state index contributed by atoms with van der Waals surface area (Å²) in [5.74, 6) is -0.284. The number of aliphatic hydroxyl groups is 1. The molecule has 2 atom stereocenters. The SMILES string of the molecule is OC1CCOCC1c1nc(-c2ccccc2F)no1. The van der Waals surface area contributed by atoms with Crippen LogP contribution in [0.5, 0.6) is 0 Å². The lowest BCUT2D eigenvalue weighted by Crippen LogP contribution is -2.30. The molecule has 2 unspecified atom stereocenters. The molecule has 1 aromatic heterocycles. The van der Waals surface area contributed by atoms with Gasteiger partial charge in [0.05, 0.1) is 24.2 Å². The van der Waals surface area contributed by atoms with Crippen LogP contribution in [0, 0.1) is 5.82 Å². The Kier molecular flexibility index (Phi) is 3.27. The van der Waals surface area contributed by atoms with Crippen LogP contribution in [0.25, 0.3) is 11.4 Å². The fourth-order valence-corrected chi connectivity index (χ4v) is 2.10. The topological polar surface area (TPSA) is 68.4 Å². The zero-order valence-corrected chi connectivity index (χ0v) is 10.1. The highest BCUT2D eigenvalue weighted by atomic mass is 19.1. The van der Waals surface area contributed by atoms with Gasteiger partial charge in [-0.05, 0) is 18.6 Å². The minimum absolute atomic E-state index is 0.186. The zero-order chi connectivity index (χ0) is 13.2. The van der Waals surface area contributed by atoms with Gasteiger partial charge in [-0.1, -0.05) is 17.3 Å². The van der Waals surface area contributed by atoms with Crippen molar-refractivity contribution >= 4 is 0 Å². The maximum Gasteiger partial charge on any atom is 0.235 e. The summed E-state index contributed by atoms with van der Waals surface area (Å²) in [5.41, 5.74) is 0.281. The first-order valence-electron chi connectivity index (χ1n) is 6.10. The van der Waals surface area contributed by atoms with Gasteiger partial charge in [-0.3, -0.25) is 0 Å². The van der Waals surface area contributed by atoms with Crippen molar-refractivity contribution in [3.05, 3.63) is 36.0 Å². The van der Waals surface area contributed by atoms with Crippen LogP contribution in [-0.2, 0) is 4.74 Å². The second-order valence-electron chi connectivity index (χ2n) is 4.47. The predicted molar refractivity (Wildman–Crippen MR) is 63.9 cm³/mol. The van der Waals surface area contributed by atoms with Gasteiger partial charge in [-0.2, -0.15) is 4.98 Å². The van der Waals surface area contributed by atoms with Crippen molar-refractivity contribution < 1.29 is 18.8 Å². The van der Waals surface area contributed by atoms with Crippen molar-refractivity contribution in [2.24, 2.45) is 0 Å². The molecule has 0 radical (unpaired) electrons. The number of rotatable bonds is 2. The molecule has 1 aliphatic rings. The molecular formula is C13H13FN2O3. The highest BCUT2D eigenvalue weighted by Gasteiger charge is 2.30. The van der Waals surface area contributed by atoms with Crippen LogP contribution in [-0.4, -0.2) is 34.6 Å². The second-order valence-corrected chi connectivity index (χ2v) is 4.47. The largest absolute Gasteiger partial charge is 0.392 e. The maximum atomic E-state index is 13.6. The van der Waals surface area contributed by atoms with Crippen LogP contribution < -0.4 is 0 Å². The maximum absolute atomic E-state index is 13.6. The zero-order valence-electron chi connectivity index (χ0n) is 10.1. The first kappa shape index (κ1) is 12.3. The van der Waals surface area contributed by atoms with Crippen LogP contribution in [0.4, 0.5) is 4.39 Å². The minimum Gasteiger partial charge on any atom is -0.392 e. The molecule has 0 spiro atoms. The molecule has 6 heteroatoms.